The minimum Gasteiger partial charge on any atom is -0.374 e. The van der Waals surface area contributed by atoms with Crippen LogP contribution in [0, 0.1) is 0 Å². The average molecular weight is 235 g/mol. The molecule has 1 heterocycles. The van der Waals surface area contributed by atoms with Crippen LogP contribution in [-0.2, 0) is 16.1 Å². The van der Waals surface area contributed by atoms with Crippen molar-refractivity contribution in [3.05, 3.63) is 35.9 Å². The summed E-state index contributed by atoms with van der Waals surface area (Å²) in [5.74, 6) is 0. The van der Waals surface area contributed by atoms with Gasteiger partial charge < -0.3 is 14.8 Å². The predicted molar refractivity (Wildman–Crippen MR) is 67.9 cm³/mol. The molecule has 94 valence electrons. The smallest absolute Gasteiger partial charge is 0.0932 e. The summed E-state index contributed by atoms with van der Waals surface area (Å²) in [5, 5.41) is 3.44. The fraction of sp³-hybridized carbons (Fsp3) is 0.571. The minimum absolute atomic E-state index is 0.184. The Hall–Kier alpha value is -0.900. The van der Waals surface area contributed by atoms with Crippen LogP contribution in [0.1, 0.15) is 18.9 Å². The first kappa shape index (κ1) is 12.6. The van der Waals surface area contributed by atoms with Crippen LogP contribution >= 0.6 is 0 Å². The number of rotatable bonds is 4. The SMILES string of the molecule is CC1CCOC(COCc2ccccc2)CN1. The fourth-order valence-electron chi connectivity index (χ4n) is 1.89. The van der Waals surface area contributed by atoms with E-state index in [2.05, 4.69) is 24.4 Å². The molecule has 1 fully saturated rings. The van der Waals surface area contributed by atoms with Gasteiger partial charge in [-0.15, -0.1) is 0 Å². The van der Waals surface area contributed by atoms with E-state index in [4.69, 9.17) is 9.47 Å². The summed E-state index contributed by atoms with van der Waals surface area (Å²) in [4.78, 5) is 0. The molecule has 0 aromatic heterocycles. The zero-order valence-electron chi connectivity index (χ0n) is 10.4. The van der Waals surface area contributed by atoms with Crippen molar-refractivity contribution < 1.29 is 9.47 Å². The third kappa shape index (κ3) is 4.46. The Morgan fingerprint density at radius 1 is 1.35 bits per heavy atom. The summed E-state index contributed by atoms with van der Waals surface area (Å²) in [5.41, 5.74) is 1.21. The molecule has 0 spiro atoms. The van der Waals surface area contributed by atoms with E-state index in [9.17, 15) is 0 Å². The Balaban J connectivity index is 1.68. The van der Waals surface area contributed by atoms with Gasteiger partial charge in [0.05, 0.1) is 19.3 Å². The Morgan fingerprint density at radius 2 is 2.18 bits per heavy atom. The van der Waals surface area contributed by atoms with E-state index in [1.165, 1.54) is 5.56 Å². The highest BCUT2D eigenvalue weighted by Crippen LogP contribution is 2.05. The minimum atomic E-state index is 0.184. The van der Waals surface area contributed by atoms with E-state index >= 15 is 0 Å². The van der Waals surface area contributed by atoms with Gasteiger partial charge in [-0.1, -0.05) is 30.3 Å². The zero-order chi connectivity index (χ0) is 11.9. The van der Waals surface area contributed by atoms with Gasteiger partial charge in [-0.3, -0.25) is 0 Å². The third-order valence-electron chi connectivity index (χ3n) is 3.01. The first-order valence-corrected chi connectivity index (χ1v) is 6.31. The Morgan fingerprint density at radius 3 is 3.00 bits per heavy atom. The van der Waals surface area contributed by atoms with Gasteiger partial charge in [0.1, 0.15) is 0 Å². The van der Waals surface area contributed by atoms with Crippen molar-refractivity contribution in [1.29, 1.82) is 0 Å². The lowest BCUT2D eigenvalue weighted by atomic mass is 10.2. The van der Waals surface area contributed by atoms with Crippen LogP contribution in [0.4, 0.5) is 0 Å². The normalized spacial score (nSPS) is 25.5. The maximum absolute atomic E-state index is 5.72. The highest BCUT2D eigenvalue weighted by Gasteiger charge is 2.15. The van der Waals surface area contributed by atoms with Crippen molar-refractivity contribution in [3.8, 4) is 0 Å². The summed E-state index contributed by atoms with van der Waals surface area (Å²) in [6, 6.07) is 10.8. The van der Waals surface area contributed by atoms with Crippen molar-refractivity contribution in [2.24, 2.45) is 0 Å². The lowest BCUT2D eigenvalue weighted by Crippen LogP contribution is -2.33. The molecule has 0 bridgehead atoms. The van der Waals surface area contributed by atoms with E-state index in [0.29, 0.717) is 19.3 Å². The Kier molecular flexibility index (Phi) is 4.98. The van der Waals surface area contributed by atoms with Crippen LogP contribution in [0.2, 0.25) is 0 Å². The van der Waals surface area contributed by atoms with Crippen molar-refractivity contribution in [2.75, 3.05) is 19.8 Å². The van der Waals surface area contributed by atoms with Crippen LogP contribution in [0.3, 0.4) is 0 Å². The van der Waals surface area contributed by atoms with Gasteiger partial charge in [0.25, 0.3) is 0 Å². The van der Waals surface area contributed by atoms with Crippen molar-refractivity contribution >= 4 is 0 Å². The third-order valence-corrected chi connectivity index (χ3v) is 3.01. The Labute approximate surface area is 103 Å². The molecular formula is C14H21NO2. The summed E-state index contributed by atoms with van der Waals surface area (Å²) in [7, 11) is 0. The average Bonchev–Trinajstić information content (AvgIpc) is 2.56. The molecule has 0 radical (unpaired) electrons. The summed E-state index contributed by atoms with van der Waals surface area (Å²) in [6.45, 7) is 5.23. The van der Waals surface area contributed by atoms with Crippen LogP contribution in [0.5, 0.6) is 0 Å². The van der Waals surface area contributed by atoms with Crippen LogP contribution < -0.4 is 5.32 Å². The van der Waals surface area contributed by atoms with Gasteiger partial charge in [0.15, 0.2) is 0 Å². The number of benzene rings is 1. The Bertz CT molecular complexity index is 315. The molecule has 0 saturated carbocycles. The first-order chi connectivity index (χ1) is 8.34. The van der Waals surface area contributed by atoms with Crippen LogP contribution in [-0.4, -0.2) is 31.9 Å². The largest absolute Gasteiger partial charge is 0.374 e. The molecule has 17 heavy (non-hydrogen) atoms. The molecular weight excluding hydrogens is 214 g/mol. The highest BCUT2D eigenvalue weighted by atomic mass is 16.5. The van der Waals surface area contributed by atoms with Gasteiger partial charge in [-0.05, 0) is 18.9 Å². The molecule has 1 N–H and O–H groups in total. The predicted octanol–water partition coefficient (Wildman–Crippen LogP) is 1.97. The molecule has 1 aromatic rings. The highest BCUT2D eigenvalue weighted by molar-refractivity contribution is 5.13. The second-order valence-corrected chi connectivity index (χ2v) is 4.59. The van der Waals surface area contributed by atoms with Gasteiger partial charge in [-0.25, -0.2) is 0 Å². The van der Waals surface area contributed by atoms with E-state index in [0.717, 1.165) is 19.6 Å². The van der Waals surface area contributed by atoms with E-state index in [1.807, 2.05) is 18.2 Å². The number of ether oxygens (including phenoxy) is 2. The van der Waals surface area contributed by atoms with Gasteiger partial charge in [0, 0.05) is 19.2 Å². The second kappa shape index (κ2) is 6.74. The van der Waals surface area contributed by atoms with Crippen LogP contribution in [0.15, 0.2) is 30.3 Å². The summed E-state index contributed by atoms with van der Waals surface area (Å²) in [6.07, 6.45) is 1.26. The fourth-order valence-corrected chi connectivity index (χ4v) is 1.89. The number of hydrogen-bond donors (Lipinski definition) is 1. The van der Waals surface area contributed by atoms with Crippen LogP contribution in [0.25, 0.3) is 0 Å². The molecule has 0 amide bonds. The lowest BCUT2D eigenvalue weighted by Gasteiger charge is -2.15. The van der Waals surface area contributed by atoms with Gasteiger partial charge in [-0.2, -0.15) is 0 Å². The molecule has 3 nitrogen and oxygen atoms in total. The molecule has 2 atom stereocenters. The standard InChI is InChI=1S/C14H21NO2/c1-12-7-8-17-14(9-15-12)11-16-10-13-5-3-2-4-6-13/h2-6,12,14-15H,7-11H2,1H3. The lowest BCUT2D eigenvalue weighted by molar-refractivity contribution is -0.0127. The maximum atomic E-state index is 5.72. The first-order valence-electron chi connectivity index (χ1n) is 6.31. The topological polar surface area (TPSA) is 30.5 Å². The summed E-state index contributed by atoms with van der Waals surface area (Å²) < 4.78 is 11.4. The molecule has 2 unspecified atom stereocenters. The quantitative estimate of drug-likeness (QED) is 0.865. The van der Waals surface area contributed by atoms with E-state index < -0.39 is 0 Å². The molecule has 2 rings (SSSR count). The second-order valence-electron chi connectivity index (χ2n) is 4.59. The number of hydrogen-bond acceptors (Lipinski definition) is 3. The molecule has 0 aliphatic carbocycles. The van der Waals surface area contributed by atoms with Crippen molar-refractivity contribution in [2.45, 2.75) is 32.1 Å². The van der Waals surface area contributed by atoms with Crippen molar-refractivity contribution in [3.63, 3.8) is 0 Å². The van der Waals surface area contributed by atoms with Gasteiger partial charge >= 0.3 is 0 Å². The van der Waals surface area contributed by atoms with Gasteiger partial charge in [0.2, 0.25) is 0 Å². The maximum Gasteiger partial charge on any atom is 0.0932 e. The number of nitrogens with one attached hydrogen (secondary N) is 1. The van der Waals surface area contributed by atoms with E-state index in [1.54, 1.807) is 0 Å². The molecule has 1 saturated heterocycles. The monoisotopic (exact) mass is 235 g/mol. The molecule has 3 heteroatoms. The molecule has 1 aromatic carbocycles. The summed E-state index contributed by atoms with van der Waals surface area (Å²) >= 11 is 0. The zero-order valence-corrected chi connectivity index (χ0v) is 10.4. The van der Waals surface area contributed by atoms with E-state index in [-0.39, 0.29) is 6.10 Å². The molecule has 1 aliphatic heterocycles. The van der Waals surface area contributed by atoms with Crippen molar-refractivity contribution in [1.82, 2.24) is 5.32 Å². The molecule has 1 aliphatic rings.